The molecule has 2 atom stereocenters. The molecule has 3 aliphatic rings. The summed E-state index contributed by atoms with van der Waals surface area (Å²) in [6, 6.07) is 0.766. The highest BCUT2D eigenvalue weighted by atomic mass is 15.2. The van der Waals surface area contributed by atoms with Crippen molar-refractivity contribution in [2.45, 2.75) is 58.4 Å². The first-order valence-electron chi connectivity index (χ1n) is 8.66. The minimum atomic E-state index is 0.766. The molecule has 0 spiro atoms. The molecule has 2 nitrogen and oxygen atoms in total. The molecule has 0 amide bonds. The Morgan fingerprint density at radius 1 is 1.05 bits per heavy atom. The monoisotopic (exact) mass is 264 g/mol. The van der Waals surface area contributed by atoms with Crippen molar-refractivity contribution in [3.8, 4) is 0 Å². The van der Waals surface area contributed by atoms with E-state index in [0.717, 1.165) is 29.7 Å². The molecule has 3 rings (SSSR count). The maximum absolute atomic E-state index is 3.87. The first-order chi connectivity index (χ1) is 9.20. The van der Waals surface area contributed by atoms with E-state index in [-0.39, 0.29) is 0 Å². The second kappa shape index (κ2) is 6.13. The Morgan fingerprint density at radius 3 is 2.42 bits per heavy atom. The summed E-state index contributed by atoms with van der Waals surface area (Å²) in [4.78, 5) is 2.78. The molecule has 2 heteroatoms. The zero-order valence-electron chi connectivity index (χ0n) is 12.9. The second-order valence-electron chi connectivity index (χ2n) is 7.80. The third kappa shape index (κ3) is 3.95. The van der Waals surface area contributed by atoms with Gasteiger partial charge in [-0.05, 0) is 62.3 Å². The van der Waals surface area contributed by atoms with E-state index in [2.05, 4.69) is 24.1 Å². The van der Waals surface area contributed by atoms with Crippen molar-refractivity contribution in [2.24, 2.45) is 23.7 Å². The van der Waals surface area contributed by atoms with Crippen LogP contribution < -0.4 is 5.32 Å². The summed E-state index contributed by atoms with van der Waals surface area (Å²) in [5, 5.41) is 3.87. The summed E-state index contributed by atoms with van der Waals surface area (Å²) in [6.07, 6.45) is 8.81. The maximum Gasteiger partial charge on any atom is 0.0198 e. The van der Waals surface area contributed by atoms with Gasteiger partial charge in [-0.25, -0.2) is 0 Å². The summed E-state index contributed by atoms with van der Waals surface area (Å²) >= 11 is 0. The first kappa shape index (κ1) is 13.9. The van der Waals surface area contributed by atoms with Gasteiger partial charge in [-0.3, -0.25) is 0 Å². The number of nitrogens with one attached hydrogen (secondary N) is 1. The van der Waals surface area contributed by atoms with E-state index in [9.17, 15) is 0 Å². The largest absolute Gasteiger partial charge is 0.312 e. The van der Waals surface area contributed by atoms with Crippen LogP contribution in [0.4, 0.5) is 0 Å². The van der Waals surface area contributed by atoms with Crippen LogP contribution >= 0.6 is 0 Å². The molecule has 0 bridgehead atoms. The van der Waals surface area contributed by atoms with Gasteiger partial charge in [0.2, 0.25) is 0 Å². The Labute approximate surface area is 119 Å². The molecule has 3 fully saturated rings. The lowest BCUT2D eigenvalue weighted by atomic mass is 9.82. The lowest BCUT2D eigenvalue weighted by molar-refractivity contribution is 0.0844. The minimum Gasteiger partial charge on any atom is -0.312 e. The molecule has 1 N–H and O–H groups in total. The van der Waals surface area contributed by atoms with Crippen molar-refractivity contribution in [2.75, 3.05) is 26.2 Å². The second-order valence-corrected chi connectivity index (χ2v) is 7.80. The molecular weight excluding hydrogens is 232 g/mol. The summed E-state index contributed by atoms with van der Waals surface area (Å²) in [5.74, 6) is 3.79. The van der Waals surface area contributed by atoms with Gasteiger partial charge in [0.1, 0.15) is 0 Å². The molecular formula is C17H32N2. The third-order valence-corrected chi connectivity index (χ3v) is 5.63. The predicted octanol–water partition coefficient (Wildman–Crippen LogP) is 3.13. The highest BCUT2D eigenvalue weighted by Gasteiger charge is 2.32. The molecule has 0 aromatic rings. The quantitative estimate of drug-likeness (QED) is 0.793. The molecule has 2 aliphatic carbocycles. The Hall–Kier alpha value is -0.0800. The van der Waals surface area contributed by atoms with E-state index in [1.165, 1.54) is 64.7 Å². The standard InChI is InChI=1S/C17H32N2/c1-13(2)16-8-17(18-9-14-6-7-14)12-19(11-16)10-15-4-3-5-15/h13-18H,3-12H2,1-2H3. The topological polar surface area (TPSA) is 15.3 Å². The van der Waals surface area contributed by atoms with E-state index in [1.54, 1.807) is 0 Å². The number of nitrogens with zero attached hydrogens (tertiary/aromatic N) is 1. The fourth-order valence-electron chi connectivity index (χ4n) is 3.71. The van der Waals surface area contributed by atoms with Crippen LogP contribution in [0, 0.1) is 23.7 Å². The molecule has 19 heavy (non-hydrogen) atoms. The van der Waals surface area contributed by atoms with Gasteiger partial charge in [0.15, 0.2) is 0 Å². The van der Waals surface area contributed by atoms with Gasteiger partial charge in [-0.1, -0.05) is 20.3 Å². The van der Waals surface area contributed by atoms with Gasteiger partial charge >= 0.3 is 0 Å². The minimum absolute atomic E-state index is 0.766. The van der Waals surface area contributed by atoms with Crippen LogP contribution in [0.2, 0.25) is 0 Å². The van der Waals surface area contributed by atoms with Crippen LogP contribution in [0.1, 0.15) is 52.4 Å². The van der Waals surface area contributed by atoms with Crippen LogP contribution in [0.5, 0.6) is 0 Å². The summed E-state index contributed by atoms with van der Waals surface area (Å²) < 4.78 is 0. The molecule has 1 heterocycles. The Morgan fingerprint density at radius 2 is 1.84 bits per heavy atom. The van der Waals surface area contributed by atoms with Crippen LogP contribution in [0.15, 0.2) is 0 Å². The summed E-state index contributed by atoms with van der Waals surface area (Å²) in [7, 11) is 0. The number of hydrogen-bond acceptors (Lipinski definition) is 2. The third-order valence-electron chi connectivity index (χ3n) is 5.63. The van der Waals surface area contributed by atoms with Crippen molar-refractivity contribution >= 4 is 0 Å². The van der Waals surface area contributed by atoms with Gasteiger partial charge in [0.25, 0.3) is 0 Å². The molecule has 2 unspecified atom stereocenters. The lowest BCUT2D eigenvalue weighted by Crippen LogP contribution is -2.52. The van der Waals surface area contributed by atoms with Gasteiger partial charge in [-0.15, -0.1) is 0 Å². The van der Waals surface area contributed by atoms with Crippen molar-refractivity contribution in [1.29, 1.82) is 0 Å². The molecule has 0 aromatic heterocycles. The van der Waals surface area contributed by atoms with Crippen molar-refractivity contribution in [3.05, 3.63) is 0 Å². The zero-order valence-corrected chi connectivity index (χ0v) is 12.9. The molecule has 0 aromatic carbocycles. The van der Waals surface area contributed by atoms with Crippen molar-refractivity contribution in [3.63, 3.8) is 0 Å². The van der Waals surface area contributed by atoms with E-state index in [4.69, 9.17) is 0 Å². The maximum atomic E-state index is 3.87. The normalized spacial score (nSPS) is 33.6. The first-order valence-corrected chi connectivity index (χ1v) is 8.66. The highest BCUT2D eigenvalue weighted by molar-refractivity contribution is 4.88. The molecule has 1 saturated heterocycles. The summed E-state index contributed by atoms with van der Waals surface area (Å²) in [6.45, 7) is 10.2. The fourth-order valence-corrected chi connectivity index (χ4v) is 3.71. The number of piperidine rings is 1. The molecule has 1 aliphatic heterocycles. The smallest absolute Gasteiger partial charge is 0.0198 e. The van der Waals surface area contributed by atoms with Gasteiger partial charge < -0.3 is 10.2 Å². The van der Waals surface area contributed by atoms with Gasteiger partial charge in [0, 0.05) is 25.7 Å². The number of hydrogen-bond donors (Lipinski definition) is 1. The Kier molecular flexibility index (Phi) is 4.48. The zero-order chi connectivity index (χ0) is 13.2. The van der Waals surface area contributed by atoms with Crippen LogP contribution in [0.25, 0.3) is 0 Å². The predicted molar refractivity (Wildman–Crippen MR) is 81.2 cm³/mol. The van der Waals surface area contributed by atoms with E-state index in [1.807, 2.05) is 0 Å². The highest BCUT2D eigenvalue weighted by Crippen LogP contribution is 2.31. The molecule has 0 radical (unpaired) electrons. The van der Waals surface area contributed by atoms with Crippen molar-refractivity contribution < 1.29 is 0 Å². The number of likely N-dealkylation sites (tertiary alicyclic amines) is 1. The van der Waals surface area contributed by atoms with Crippen LogP contribution in [-0.4, -0.2) is 37.1 Å². The number of rotatable bonds is 6. The lowest BCUT2D eigenvalue weighted by Gasteiger charge is -2.42. The van der Waals surface area contributed by atoms with Gasteiger partial charge in [-0.2, -0.15) is 0 Å². The van der Waals surface area contributed by atoms with E-state index in [0.29, 0.717) is 0 Å². The van der Waals surface area contributed by atoms with Gasteiger partial charge in [0.05, 0.1) is 0 Å². The molecule has 110 valence electrons. The fraction of sp³-hybridized carbons (Fsp3) is 1.00. The van der Waals surface area contributed by atoms with Crippen LogP contribution in [0.3, 0.4) is 0 Å². The SMILES string of the molecule is CC(C)C1CC(NCC2CC2)CN(CC2CCC2)C1. The average molecular weight is 264 g/mol. The summed E-state index contributed by atoms with van der Waals surface area (Å²) in [5.41, 5.74) is 0. The Bertz CT molecular complexity index is 281. The Balaban J connectivity index is 1.50. The van der Waals surface area contributed by atoms with Crippen LogP contribution in [-0.2, 0) is 0 Å². The van der Waals surface area contributed by atoms with Crippen molar-refractivity contribution in [1.82, 2.24) is 10.2 Å². The van der Waals surface area contributed by atoms with E-state index >= 15 is 0 Å². The average Bonchev–Trinajstić information content (AvgIpc) is 3.15. The van der Waals surface area contributed by atoms with E-state index < -0.39 is 0 Å². The molecule has 2 saturated carbocycles.